The van der Waals surface area contributed by atoms with Crippen LogP contribution in [0.5, 0.6) is 0 Å². The Labute approximate surface area is 201 Å². The molecule has 1 heterocycles. The highest BCUT2D eigenvalue weighted by Gasteiger charge is 2.26. The maximum Gasteiger partial charge on any atom is 0.254 e. The summed E-state index contributed by atoms with van der Waals surface area (Å²) >= 11 is 5.98. The van der Waals surface area contributed by atoms with Gasteiger partial charge in [0.15, 0.2) is 0 Å². The van der Waals surface area contributed by atoms with Crippen LogP contribution in [0, 0.1) is 6.92 Å². The average Bonchev–Trinajstić information content (AvgIpc) is 3.24. The first kappa shape index (κ1) is 24.6. The molecule has 0 aliphatic rings. The molecule has 1 atom stereocenters. The van der Waals surface area contributed by atoms with Crippen LogP contribution < -0.4 is 0 Å². The van der Waals surface area contributed by atoms with Gasteiger partial charge in [0.2, 0.25) is 5.91 Å². The second-order valence-corrected chi connectivity index (χ2v) is 8.70. The molecule has 0 unspecified atom stereocenters. The van der Waals surface area contributed by atoms with Crippen molar-refractivity contribution in [3.63, 3.8) is 0 Å². The molecule has 0 saturated heterocycles. The number of rotatable bonds is 10. The predicted molar refractivity (Wildman–Crippen MR) is 131 cm³/mol. The average molecular weight is 467 g/mol. The molecule has 0 spiro atoms. The Hall–Kier alpha value is -3.05. The van der Waals surface area contributed by atoms with Crippen LogP contribution in [0.15, 0.2) is 71.1 Å². The Kier molecular flexibility index (Phi) is 8.72. The molecule has 0 radical (unpaired) electrons. The number of aryl methyl sites for hydroxylation is 1. The molecule has 2 amide bonds. The van der Waals surface area contributed by atoms with Crippen LogP contribution >= 0.6 is 11.6 Å². The number of carbonyl (C=O) groups is 2. The normalized spacial score (nSPS) is 11.8. The van der Waals surface area contributed by atoms with Gasteiger partial charge >= 0.3 is 0 Å². The molecule has 1 aromatic heterocycles. The van der Waals surface area contributed by atoms with Gasteiger partial charge in [0.1, 0.15) is 18.1 Å². The van der Waals surface area contributed by atoms with Gasteiger partial charge in [-0.05, 0) is 68.7 Å². The molecule has 0 aliphatic carbocycles. The van der Waals surface area contributed by atoms with E-state index in [2.05, 4.69) is 12.1 Å². The van der Waals surface area contributed by atoms with Crippen molar-refractivity contribution >= 4 is 23.4 Å². The fourth-order valence-corrected chi connectivity index (χ4v) is 3.74. The number of carbonyl (C=O) groups excluding carboxylic acids is 2. The number of nitrogens with zero attached hydrogens (tertiary/aromatic N) is 2. The molecule has 0 bridgehead atoms. The first-order valence-corrected chi connectivity index (χ1v) is 11.7. The van der Waals surface area contributed by atoms with Crippen LogP contribution in [0.2, 0.25) is 5.02 Å². The summed E-state index contributed by atoms with van der Waals surface area (Å²) in [5.41, 5.74) is 1.67. The van der Waals surface area contributed by atoms with Crippen molar-refractivity contribution in [3.8, 4) is 0 Å². The molecule has 174 valence electrons. The SMILES string of the molecule is CC[C@H](C)N(CC(=O)N(CCc1ccccc1)Cc1ccc(C)o1)C(=O)c1ccc(Cl)cc1. The van der Waals surface area contributed by atoms with Gasteiger partial charge in [0, 0.05) is 23.2 Å². The van der Waals surface area contributed by atoms with Crippen molar-refractivity contribution in [2.24, 2.45) is 0 Å². The molecule has 0 fully saturated rings. The standard InChI is InChI=1S/C27H31ClN2O3/c1-4-20(2)30(27(32)23-11-13-24(28)14-12-23)19-26(31)29(18-25-15-10-21(3)33-25)17-16-22-8-6-5-7-9-22/h5-15,20H,4,16-19H2,1-3H3/t20-/m0/s1. The minimum atomic E-state index is -0.175. The minimum absolute atomic E-state index is 0.00491. The van der Waals surface area contributed by atoms with Gasteiger partial charge in [-0.15, -0.1) is 0 Å². The molecule has 0 saturated carbocycles. The molecule has 3 rings (SSSR count). The minimum Gasteiger partial charge on any atom is -0.464 e. The van der Waals surface area contributed by atoms with Gasteiger partial charge < -0.3 is 14.2 Å². The van der Waals surface area contributed by atoms with Gasteiger partial charge in [0.25, 0.3) is 5.91 Å². The summed E-state index contributed by atoms with van der Waals surface area (Å²) in [6, 6.07) is 20.5. The summed E-state index contributed by atoms with van der Waals surface area (Å²) in [7, 11) is 0. The van der Waals surface area contributed by atoms with Crippen LogP contribution in [0.25, 0.3) is 0 Å². The van der Waals surface area contributed by atoms with E-state index in [0.29, 0.717) is 23.7 Å². The molecule has 6 heteroatoms. The van der Waals surface area contributed by atoms with E-state index in [1.807, 2.05) is 51.1 Å². The molecule has 5 nitrogen and oxygen atoms in total. The van der Waals surface area contributed by atoms with Crippen molar-refractivity contribution in [3.05, 3.63) is 94.4 Å². The monoisotopic (exact) mass is 466 g/mol. The van der Waals surface area contributed by atoms with E-state index in [9.17, 15) is 9.59 Å². The Morgan fingerprint density at radius 2 is 1.70 bits per heavy atom. The van der Waals surface area contributed by atoms with E-state index in [1.165, 1.54) is 0 Å². The van der Waals surface area contributed by atoms with E-state index < -0.39 is 0 Å². The highest BCUT2D eigenvalue weighted by atomic mass is 35.5. The molecule has 2 aromatic carbocycles. The lowest BCUT2D eigenvalue weighted by molar-refractivity contribution is -0.133. The maximum atomic E-state index is 13.5. The predicted octanol–water partition coefficient (Wildman–Crippen LogP) is 5.75. The molecule has 3 aromatic rings. The van der Waals surface area contributed by atoms with Crippen LogP contribution in [-0.4, -0.2) is 40.7 Å². The number of hydrogen-bond donors (Lipinski definition) is 0. The fraction of sp³-hybridized carbons (Fsp3) is 0.333. The largest absolute Gasteiger partial charge is 0.464 e. The van der Waals surface area contributed by atoms with Crippen LogP contribution in [0.3, 0.4) is 0 Å². The molecular formula is C27H31ClN2O3. The van der Waals surface area contributed by atoms with Crippen LogP contribution in [0.4, 0.5) is 0 Å². The molecular weight excluding hydrogens is 436 g/mol. The number of hydrogen-bond acceptors (Lipinski definition) is 3. The van der Waals surface area contributed by atoms with Gasteiger partial charge in [-0.1, -0.05) is 48.9 Å². The smallest absolute Gasteiger partial charge is 0.254 e. The van der Waals surface area contributed by atoms with Crippen molar-refractivity contribution < 1.29 is 14.0 Å². The zero-order valence-electron chi connectivity index (χ0n) is 19.5. The van der Waals surface area contributed by atoms with Crippen molar-refractivity contribution in [2.75, 3.05) is 13.1 Å². The summed E-state index contributed by atoms with van der Waals surface area (Å²) in [4.78, 5) is 30.1. The lowest BCUT2D eigenvalue weighted by Crippen LogP contribution is -2.46. The van der Waals surface area contributed by atoms with E-state index in [4.69, 9.17) is 16.0 Å². The van der Waals surface area contributed by atoms with Gasteiger partial charge in [-0.3, -0.25) is 9.59 Å². The Bertz CT molecular complexity index is 1050. The van der Waals surface area contributed by atoms with Crippen molar-refractivity contribution in [1.29, 1.82) is 0 Å². The van der Waals surface area contributed by atoms with Gasteiger partial charge in [-0.2, -0.15) is 0 Å². The van der Waals surface area contributed by atoms with Crippen molar-refractivity contribution in [2.45, 2.75) is 46.2 Å². The van der Waals surface area contributed by atoms with E-state index >= 15 is 0 Å². The Morgan fingerprint density at radius 3 is 2.30 bits per heavy atom. The van der Waals surface area contributed by atoms with Crippen molar-refractivity contribution in [1.82, 2.24) is 9.80 Å². The summed E-state index contributed by atoms with van der Waals surface area (Å²) in [6.07, 6.45) is 1.47. The summed E-state index contributed by atoms with van der Waals surface area (Å²) in [5, 5.41) is 0.568. The second kappa shape index (κ2) is 11.7. The number of halogens is 1. The summed E-state index contributed by atoms with van der Waals surface area (Å²) in [5.74, 6) is 1.25. The Morgan fingerprint density at radius 1 is 1.00 bits per heavy atom. The number of furan rings is 1. The number of amides is 2. The van der Waals surface area contributed by atoms with E-state index in [0.717, 1.165) is 29.9 Å². The molecule has 0 aliphatic heterocycles. The highest BCUT2D eigenvalue weighted by Crippen LogP contribution is 2.16. The van der Waals surface area contributed by atoms with Gasteiger partial charge in [-0.25, -0.2) is 0 Å². The molecule has 0 N–H and O–H groups in total. The third kappa shape index (κ3) is 6.96. The second-order valence-electron chi connectivity index (χ2n) is 8.26. The lowest BCUT2D eigenvalue weighted by atomic mass is 10.1. The summed E-state index contributed by atoms with van der Waals surface area (Å²) in [6.45, 7) is 6.76. The quantitative estimate of drug-likeness (QED) is 0.382. The van der Waals surface area contributed by atoms with E-state index in [-0.39, 0.29) is 24.4 Å². The highest BCUT2D eigenvalue weighted by molar-refractivity contribution is 6.30. The number of benzene rings is 2. The zero-order chi connectivity index (χ0) is 23.8. The first-order chi connectivity index (χ1) is 15.9. The zero-order valence-corrected chi connectivity index (χ0v) is 20.2. The van der Waals surface area contributed by atoms with E-state index in [1.54, 1.807) is 34.1 Å². The Balaban J connectivity index is 1.78. The maximum absolute atomic E-state index is 13.5. The van der Waals surface area contributed by atoms with Crippen LogP contribution in [0.1, 0.15) is 47.7 Å². The summed E-state index contributed by atoms with van der Waals surface area (Å²) < 4.78 is 5.73. The van der Waals surface area contributed by atoms with Crippen LogP contribution in [-0.2, 0) is 17.8 Å². The topological polar surface area (TPSA) is 53.8 Å². The lowest BCUT2D eigenvalue weighted by Gasteiger charge is -2.31. The third-order valence-electron chi connectivity index (χ3n) is 5.79. The fourth-order valence-electron chi connectivity index (χ4n) is 3.61. The third-order valence-corrected chi connectivity index (χ3v) is 6.04. The van der Waals surface area contributed by atoms with Gasteiger partial charge in [0.05, 0.1) is 6.54 Å². The first-order valence-electron chi connectivity index (χ1n) is 11.3. The molecule has 33 heavy (non-hydrogen) atoms.